The number of ether oxygens (including phenoxy) is 1. The summed E-state index contributed by atoms with van der Waals surface area (Å²) in [5, 5.41) is 3.15. The van der Waals surface area contributed by atoms with Crippen LogP contribution in [-0.4, -0.2) is 42.0 Å². The second kappa shape index (κ2) is 11.6. The summed E-state index contributed by atoms with van der Waals surface area (Å²) in [4.78, 5) is 19.9. The summed E-state index contributed by atoms with van der Waals surface area (Å²) in [6.07, 6.45) is 5.07. The van der Waals surface area contributed by atoms with Crippen molar-refractivity contribution in [3.8, 4) is 5.75 Å². The Labute approximate surface area is 200 Å². The summed E-state index contributed by atoms with van der Waals surface area (Å²) in [5.74, 6) is 0.480. The molecule has 0 saturated carbocycles. The van der Waals surface area contributed by atoms with Crippen LogP contribution in [0.4, 0.5) is 4.39 Å². The minimum atomic E-state index is -0.411. The van der Waals surface area contributed by atoms with E-state index in [4.69, 9.17) is 4.74 Å². The van der Waals surface area contributed by atoms with E-state index in [-0.39, 0.29) is 17.6 Å². The number of halogens is 1. The molecule has 1 fully saturated rings. The maximum absolute atomic E-state index is 13.4. The molecular weight excluding hydrogens is 429 g/mol. The zero-order chi connectivity index (χ0) is 23.8. The van der Waals surface area contributed by atoms with Crippen LogP contribution < -0.4 is 10.1 Å². The number of nitrogens with zero attached hydrogens (tertiary/aromatic N) is 2. The summed E-state index contributed by atoms with van der Waals surface area (Å²) in [6, 6.07) is 19.3. The number of carbonyl (C=O) groups excluding carboxylic acids is 1. The minimum Gasteiger partial charge on any atom is -0.492 e. The predicted octanol–water partition coefficient (Wildman–Crippen LogP) is 4.86. The zero-order valence-electron chi connectivity index (χ0n) is 19.2. The first-order chi connectivity index (χ1) is 16.6. The summed E-state index contributed by atoms with van der Waals surface area (Å²) in [6.45, 7) is 6.92. The number of piperidine rings is 1. The molecule has 4 rings (SSSR count). The maximum Gasteiger partial charge on any atom is 0.224 e. The van der Waals surface area contributed by atoms with Gasteiger partial charge in [0, 0.05) is 24.2 Å². The summed E-state index contributed by atoms with van der Waals surface area (Å²) in [7, 11) is 0. The van der Waals surface area contributed by atoms with Gasteiger partial charge < -0.3 is 10.1 Å². The molecule has 3 aromatic rings. The van der Waals surface area contributed by atoms with Gasteiger partial charge in [-0.15, -0.1) is 0 Å². The smallest absolute Gasteiger partial charge is 0.224 e. The third kappa shape index (κ3) is 6.08. The van der Waals surface area contributed by atoms with E-state index < -0.39 is 6.04 Å². The molecule has 6 heteroatoms. The monoisotopic (exact) mass is 459 g/mol. The van der Waals surface area contributed by atoms with Gasteiger partial charge in [0.2, 0.25) is 5.91 Å². The first-order valence-electron chi connectivity index (χ1n) is 11.7. The molecule has 1 N–H and O–H groups in total. The van der Waals surface area contributed by atoms with Gasteiger partial charge >= 0.3 is 0 Å². The average molecular weight is 460 g/mol. The summed E-state index contributed by atoms with van der Waals surface area (Å²) < 4.78 is 19.4. The fourth-order valence-corrected chi connectivity index (χ4v) is 4.27. The largest absolute Gasteiger partial charge is 0.492 e. The molecule has 1 atom stereocenters. The molecule has 5 nitrogen and oxygen atoms in total. The van der Waals surface area contributed by atoms with Crippen molar-refractivity contribution >= 4 is 12.0 Å². The Hall–Kier alpha value is -3.51. The molecule has 1 amide bonds. The molecule has 0 radical (unpaired) electrons. The normalized spacial score (nSPS) is 15.4. The quantitative estimate of drug-likeness (QED) is 0.497. The van der Waals surface area contributed by atoms with E-state index in [9.17, 15) is 9.18 Å². The molecule has 34 heavy (non-hydrogen) atoms. The van der Waals surface area contributed by atoms with Gasteiger partial charge in [-0.05, 0) is 61.8 Å². The number of amides is 1. The van der Waals surface area contributed by atoms with Crippen LogP contribution in [0, 0.1) is 11.7 Å². The van der Waals surface area contributed by atoms with Crippen LogP contribution in [-0.2, 0) is 4.79 Å². The van der Waals surface area contributed by atoms with Crippen LogP contribution in [0.3, 0.4) is 0 Å². The van der Waals surface area contributed by atoms with Crippen LogP contribution in [0.1, 0.15) is 35.7 Å². The van der Waals surface area contributed by atoms with Crippen LogP contribution in [0.5, 0.6) is 5.75 Å². The average Bonchev–Trinajstić information content (AvgIpc) is 2.89. The molecule has 2 heterocycles. The number of benzene rings is 2. The third-order valence-electron chi connectivity index (χ3n) is 6.24. The number of nitrogens with one attached hydrogen (secondary N) is 1. The van der Waals surface area contributed by atoms with Gasteiger partial charge in [-0.1, -0.05) is 49.1 Å². The maximum atomic E-state index is 13.4. The van der Waals surface area contributed by atoms with E-state index in [1.54, 1.807) is 24.4 Å². The first-order valence-corrected chi connectivity index (χ1v) is 11.7. The lowest BCUT2D eigenvalue weighted by atomic mass is 9.94. The van der Waals surface area contributed by atoms with Gasteiger partial charge in [0.1, 0.15) is 18.2 Å². The Morgan fingerprint density at radius 3 is 2.56 bits per heavy atom. The van der Waals surface area contributed by atoms with Crippen molar-refractivity contribution in [2.75, 3.05) is 26.2 Å². The molecule has 1 unspecified atom stereocenters. The highest BCUT2D eigenvalue weighted by Crippen LogP contribution is 2.24. The topological polar surface area (TPSA) is 54.5 Å². The lowest BCUT2D eigenvalue weighted by Gasteiger charge is -2.32. The second-order valence-corrected chi connectivity index (χ2v) is 8.45. The number of likely N-dealkylation sites (tertiary alicyclic amines) is 1. The fourth-order valence-electron chi connectivity index (χ4n) is 4.27. The highest BCUT2D eigenvalue weighted by atomic mass is 19.1. The van der Waals surface area contributed by atoms with Crippen LogP contribution in [0.15, 0.2) is 79.5 Å². The van der Waals surface area contributed by atoms with E-state index in [0.29, 0.717) is 6.61 Å². The van der Waals surface area contributed by atoms with Crippen molar-refractivity contribution in [1.82, 2.24) is 15.2 Å². The van der Waals surface area contributed by atoms with Crippen LogP contribution >= 0.6 is 0 Å². The standard InChI is InChI=1S/C28H30FN3O2/c1-2-21-7-3-4-9-26(21)34-20-19-32-17-14-23(15-18-32)28(33)31-27(25-8-5-6-16-30-25)22-10-12-24(29)13-11-22/h2-13,16,23,27H,1,14-15,17-20H2,(H,31,33). The number of aromatic nitrogens is 1. The summed E-state index contributed by atoms with van der Waals surface area (Å²) >= 11 is 0. The predicted molar refractivity (Wildman–Crippen MR) is 132 cm³/mol. The van der Waals surface area contributed by atoms with Crippen molar-refractivity contribution in [2.24, 2.45) is 5.92 Å². The Bertz CT molecular complexity index is 1080. The Kier molecular flexibility index (Phi) is 8.04. The molecule has 1 aliphatic rings. The molecule has 0 aliphatic carbocycles. The van der Waals surface area contributed by atoms with Crippen molar-refractivity contribution in [1.29, 1.82) is 0 Å². The first kappa shape index (κ1) is 23.6. The van der Waals surface area contributed by atoms with Gasteiger partial charge in [0.05, 0.1) is 11.7 Å². The van der Waals surface area contributed by atoms with Gasteiger partial charge in [-0.25, -0.2) is 4.39 Å². The molecule has 1 aliphatic heterocycles. The number of carbonyl (C=O) groups is 1. The van der Waals surface area contributed by atoms with Gasteiger partial charge in [-0.3, -0.25) is 14.7 Å². The summed E-state index contributed by atoms with van der Waals surface area (Å²) in [5.41, 5.74) is 2.53. The molecule has 2 aromatic carbocycles. The molecular formula is C28H30FN3O2. The Morgan fingerprint density at radius 2 is 1.85 bits per heavy atom. The van der Waals surface area contributed by atoms with Crippen LogP contribution in [0.25, 0.3) is 6.08 Å². The lowest BCUT2D eigenvalue weighted by Crippen LogP contribution is -2.43. The van der Waals surface area contributed by atoms with E-state index in [0.717, 1.165) is 55.0 Å². The van der Waals surface area contributed by atoms with Crippen molar-refractivity contribution in [2.45, 2.75) is 18.9 Å². The number of rotatable bonds is 9. The number of hydrogen-bond acceptors (Lipinski definition) is 4. The Morgan fingerprint density at radius 1 is 1.12 bits per heavy atom. The number of para-hydroxylation sites is 1. The number of pyridine rings is 1. The number of hydrogen-bond donors (Lipinski definition) is 1. The third-order valence-corrected chi connectivity index (χ3v) is 6.24. The van der Waals surface area contributed by atoms with E-state index >= 15 is 0 Å². The fraction of sp³-hybridized carbons (Fsp3) is 0.286. The molecule has 176 valence electrons. The molecule has 0 bridgehead atoms. The highest BCUT2D eigenvalue weighted by Gasteiger charge is 2.27. The van der Waals surface area contributed by atoms with Gasteiger partial charge in [0.25, 0.3) is 0 Å². The highest BCUT2D eigenvalue weighted by molar-refractivity contribution is 5.79. The van der Waals surface area contributed by atoms with E-state index in [1.165, 1.54) is 12.1 Å². The molecule has 1 aromatic heterocycles. The van der Waals surface area contributed by atoms with Crippen LogP contribution in [0.2, 0.25) is 0 Å². The van der Waals surface area contributed by atoms with E-state index in [1.807, 2.05) is 42.5 Å². The second-order valence-electron chi connectivity index (χ2n) is 8.45. The van der Waals surface area contributed by atoms with Gasteiger partial charge in [-0.2, -0.15) is 0 Å². The van der Waals surface area contributed by atoms with Gasteiger partial charge in [0.15, 0.2) is 0 Å². The van der Waals surface area contributed by atoms with Crippen molar-refractivity contribution < 1.29 is 13.9 Å². The lowest BCUT2D eigenvalue weighted by molar-refractivity contribution is -0.127. The minimum absolute atomic E-state index is 0.00999. The SMILES string of the molecule is C=Cc1ccccc1OCCN1CCC(C(=O)NC(c2ccc(F)cc2)c2ccccn2)CC1. The van der Waals surface area contributed by atoms with Crippen molar-refractivity contribution in [3.63, 3.8) is 0 Å². The Balaban J connectivity index is 1.30. The molecule has 1 saturated heterocycles. The molecule has 0 spiro atoms. The van der Waals surface area contributed by atoms with E-state index in [2.05, 4.69) is 21.8 Å². The zero-order valence-corrected chi connectivity index (χ0v) is 19.2. The van der Waals surface area contributed by atoms with Crippen molar-refractivity contribution in [3.05, 3.63) is 102 Å².